The van der Waals surface area contributed by atoms with Crippen molar-refractivity contribution in [1.29, 1.82) is 0 Å². The number of nitro groups is 1. The molecule has 0 spiro atoms. The molecule has 0 saturated heterocycles. The molecule has 30 heavy (non-hydrogen) atoms. The Morgan fingerprint density at radius 3 is 2.63 bits per heavy atom. The first-order chi connectivity index (χ1) is 14.5. The van der Waals surface area contributed by atoms with Gasteiger partial charge in [0.15, 0.2) is 0 Å². The van der Waals surface area contributed by atoms with Crippen LogP contribution in [0, 0.1) is 10.1 Å². The lowest BCUT2D eigenvalue weighted by Gasteiger charge is -2.06. The molecule has 0 bridgehead atoms. The van der Waals surface area contributed by atoms with E-state index in [0.29, 0.717) is 22.5 Å². The fourth-order valence-corrected chi connectivity index (χ4v) is 3.06. The minimum atomic E-state index is -0.583. The summed E-state index contributed by atoms with van der Waals surface area (Å²) in [5.74, 6) is -0.106. The Morgan fingerprint density at radius 2 is 1.80 bits per heavy atom. The monoisotopic (exact) mass is 401 g/mol. The van der Waals surface area contributed by atoms with Crippen LogP contribution in [0.15, 0.2) is 82.3 Å². The Balaban J connectivity index is 1.50. The maximum Gasteiger partial charge on any atom is 0.280 e. The quantitative estimate of drug-likeness (QED) is 0.290. The highest BCUT2D eigenvalue weighted by Gasteiger charge is 2.17. The summed E-state index contributed by atoms with van der Waals surface area (Å²) in [4.78, 5) is 23.0. The second kappa shape index (κ2) is 7.88. The van der Waals surface area contributed by atoms with Gasteiger partial charge >= 0.3 is 0 Å². The number of hydrogen-bond donors (Lipinski definition) is 2. The summed E-state index contributed by atoms with van der Waals surface area (Å²) in [6.45, 7) is 0. The Morgan fingerprint density at radius 1 is 1.03 bits per heavy atom. The molecular weight excluding hydrogens is 386 g/mol. The zero-order valence-electron chi connectivity index (χ0n) is 15.5. The van der Waals surface area contributed by atoms with Crippen LogP contribution in [0.4, 0.5) is 5.69 Å². The lowest BCUT2D eigenvalue weighted by molar-refractivity contribution is -0.384. The Labute approximate surface area is 170 Å². The van der Waals surface area contributed by atoms with Gasteiger partial charge in [0.05, 0.1) is 22.3 Å². The van der Waals surface area contributed by atoms with E-state index < -0.39 is 10.8 Å². The molecule has 1 heterocycles. The maximum absolute atomic E-state index is 12.4. The number of benzene rings is 3. The van der Waals surface area contributed by atoms with Gasteiger partial charge in [-0.1, -0.05) is 42.5 Å². The summed E-state index contributed by atoms with van der Waals surface area (Å²) in [7, 11) is 0. The molecule has 0 aliphatic heterocycles. The van der Waals surface area contributed by atoms with Crippen molar-refractivity contribution in [3.63, 3.8) is 0 Å². The Kier molecular flexibility index (Phi) is 4.96. The molecule has 1 amide bonds. The minimum absolute atomic E-state index is 0.0737. The summed E-state index contributed by atoms with van der Waals surface area (Å²) in [5, 5.41) is 26.7. The van der Waals surface area contributed by atoms with Crippen LogP contribution in [0.5, 0.6) is 5.75 Å². The number of phenolic OH excluding ortho intramolecular Hbond substituents is 1. The number of nitrogens with zero attached hydrogens (tertiary/aromatic N) is 2. The molecule has 0 radical (unpaired) electrons. The summed E-state index contributed by atoms with van der Waals surface area (Å²) in [6, 6.07) is 19.8. The van der Waals surface area contributed by atoms with E-state index in [1.54, 1.807) is 48.5 Å². The molecule has 0 unspecified atom stereocenters. The molecular formula is C22H15N3O5. The second-order valence-corrected chi connectivity index (χ2v) is 6.36. The van der Waals surface area contributed by atoms with Crippen LogP contribution in [0.2, 0.25) is 0 Å². The lowest BCUT2D eigenvalue weighted by atomic mass is 10.1. The van der Waals surface area contributed by atoms with Crippen molar-refractivity contribution < 1.29 is 19.2 Å². The van der Waals surface area contributed by atoms with Gasteiger partial charge in [0, 0.05) is 11.5 Å². The van der Waals surface area contributed by atoms with E-state index in [2.05, 4.69) is 10.5 Å². The predicted octanol–water partition coefficient (Wildman–Crippen LogP) is 4.48. The van der Waals surface area contributed by atoms with Crippen molar-refractivity contribution in [3.05, 3.63) is 94.2 Å². The van der Waals surface area contributed by atoms with E-state index in [9.17, 15) is 20.0 Å². The van der Waals surface area contributed by atoms with Crippen molar-refractivity contribution in [2.45, 2.75) is 0 Å². The van der Waals surface area contributed by atoms with Crippen molar-refractivity contribution in [1.82, 2.24) is 5.43 Å². The van der Waals surface area contributed by atoms with Gasteiger partial charge in [-0.05, 0) is 29.7 Å². The smallest absolute Gasteiger partial charge is 0.280 e. The largest absolute Gasteiger partial charge is 0.506 e. The van der Waals surface area contributed by atoms with Crippen LogP contribution in [0.1, 0.15) is 16.1 Å². The molecule has 8 heteroatoms. The van der Waals surface area contributed by atoms with Crippen molar-refractivity contribution in [3.8, 4) is 17.1 Å². The number of nitrogens with one attached hydrogen (secondary N) is 1. The van der Waals surface area contributed by atoms with Gasteiger partial charge in [-0.25, -0.2) is 5.43 Å². The fourth-order valence-electron chi connectivity index (χ4n) is 3.06. The molecule has 0 fully saturated rings. The number of hydrazone groups is 1. The molecule has 0 saturated carbocycles. The normalized spacial score (nSPS) is 11.1. The first kappa shape index (κ1) is 18.9. The maximum atomic E-state index is 12.4. The standard InChI is InChI=1S/C22H15N3O5/c26-21-16-6-2-1-5-14(16)9-11-18(21)22(27)24-23-13-15-10-12-20(30-15)17-7-3-4-8-19(17)25(28)29/h1-13,26H,(H,24,27). The first-order valence-corrected chi connectivity index (χ1v) is 8.92. The zero-order valence-corrected chi connectivity index (χ0v) is 15.5. The predicted molar refractivity (Wildman–Crippen MR) is 111 cm³/mol. The third kappa shape index (κ3) is 3.61. The van der Waals surface area contributed by atoms with Crippen LogP contribution in [-0.4, -0.2) is 22.2 Å². The highest BCUT2D eigenvalue weighted by molar-refractivity contribution is 6.03. The van der Waals surface area contributed by atoms with Gasteiger partial charge in [-0.15, -0.1) is 0 Å². The third-order valence-electron chi connectivity index (χ3n) is 4.50. The summed E-state index contributed by atoms with van der Waals surface area (Å²) in [6.07, 6.45) is 1.27. The molecule has 1 aromatic heterocycles. The van der Waals surface area contributed by atoms with Gasteiger partial charge in [0.2, 0.25) is 0 Å². The number of aromatic hydroxyl groups is 1. The number of rotatable bonds is 5. The summed E-state index contributed by atoms with van der Waals surface area (Å²) in [5.41, 5.74) is 2.69. The Bertz CT molecular complexity index is 1290. The third-order valence-corrected chi connectivity index (χ3v) is 4.50. The second-order valence-electron chi connectivity index (χ2n) is 6.36. The van der Waals surface area contributed by atoms with Gasteiger partial charge in [-0.2, -0.15) is 5.10 Å². The fraction of sp³-hybridized carbons (Fsp3) is 0. The van der Waals surface area contributed by atoms with Crippen molar-refractivity contribution in [2.24, 2.45) is 5.10 Å². The Hall–Kier alpha value is -4.46. The molecule has 4 rings (SSSR count). The SMILES string of the molecule is O=C(NN=Cc1ccc(-c2ccccc2[N+](=O)[O-])o1)c1ccc2ccccc2c1O. The number of phenols is 1. The van der Waals surface area contributed by atoms with Crippen LogP contribution >= 0.6 is 0 Å². The van der Waals surface area contributed by atoms with Gasteiger partial charge in [0.25, 0.3) is 11.6 Å². The van der Waals surface area contributed by atoms with Crippen LogP contribution in [-0.2, 0) is 0 Å². The molecule has 3 aromatic carbocycles. The van der Waals surface area contributed by atoms with E-state index in [1.807, 2.05) is 12.1 Å². The first-order valence-electron chi connectivity index (χ1n) is 8.92. The molecule has 0 aliphatic carbocycles. The van der Waals surface area contributed by atoms with Gasteiger partial charge < -0.3 is 9.52 Å². The van der Waals surface area contributed by atoms with Crippen LogP contribution < -0.4 is 5.43 Å². The van der Waals surface area contributed by atoms with Crippen molar-refractivity contribution >= 4 is 28.6 Å². The average Bonchev–Trinajstić information content (AvgIpc) is 3.23. The molecule has 0 aliphatic rings. The molecule has 148 valence electrons. The average molecular weight is 401 g/mol. The van der Waals surface area contributed by atoms with E-state index in [-0.39, 0.29) is 17.0 Å². The number of nitro benzene ring substituents is 1. The number of para-hydroxylation sites is 1. The number of carbonyl (C=O) groups is 1. The topological polar surface area (TPSA) is 118 Å². The van der Waals surface area contributed by atoms with E-state index >= 15 is 0 Å². The van der Waals surface area contributed by atoms with Crippen LogP contribution in [0.25, 0.3) is 22.1 Å². The number of fused-ring (bicyclic) bond motifs is 1. The molecule has 2 N–H and O–H groups in total. The molecule has 8 nitrogen and oxygen atoms in total. The van der Waals surface area contributed by atoms with Crippen LogP contribution in [0.3, 0.4) is 0 Å². The van der Waals surface area contributed by atoms with E-state index in [1.165, 1.54) is 18.3 Å². The van der Waals surface area contributed by atoms with Gasteiger partial charge in [-0.3, -0.25) is 14.9 Å². The van der Waals surface area contributed by atoms with E-state index in [4.69, 9.17) is 4.42 Å². The molecule has 0 atom stereocenters. The molecule has 4 aromatic rings. The highest BCUT2D eigenvalue weighted by atomic mass is 16.6. The summed E-state index contributed by atoms with van der Waals surface area (Å²) >= 11 is 0. The number of furan rings is 1. The minimum Gasteiger partial charge on any atom is -0.506 e. The lowest BCUT2D eigenvalue weighted by Crippen LogP contribution is -2.17. The zero-order chi connectivity index (χ0) is 21.1. The van der Waals surface area contributed by atoms with E-state index in [0.717, 1.165) is 5.39 Å². The highest BCUT2D eigenvalue weighted by Crippen LogP contribution is 2.31. The summed E-state index contributed by atoms with van der Waals surface area (Å²) < 4.78 is 5.58. The van der Waals surface area contributed by atoms with Gasteiger partial charge in [0.1, 0.15) is 17.3 Å². The number of carbonyl (C=O) groups excluding carboxylic acids is 1. The number of amides is 1. The number of hydrogen-bond acceptors (Lipinski definition) is 6. The van der Waals surface area contributed by atoms with Crippen molar-refractivity contribution in [2.75, 3.05) is 0 Å².